The van der Waals surface area contributed by atoms with Crippen molar-refractivity contribution < 1.29 is 0 Å². The molecule has 0 radical (unpaired) electrons. The second-order valence-electron chi connectivity index (χ2n) is 4.34. The predicted octanol–water partition coefficient (Wildman–Crippen LogP) is 3.49. The van der Waals surface area contributed by atoms with Gasteiger partial charge in [-0.1, -0.05) is 0 Å². The molecule has 0 saturated carbocycles. The van der Waals surface area contributed by atoms with Gasteiger partial charge in [0.2, 0.25) is 0 Å². The highest BCUT2D eigenvalue weighted by Gasteiger charge is 2.23. The van der Waals surface area contributed by atoms with E-state index >= 15 is 0 Å². The maximum Gasteiger partial charge on any atom is 0.0795 e. The Morgan fingerprint density at radius 2 is 2.28 bits per heavy atom. The zero-order valence-corrected chi connectivity index (χ0v) is 13.6. The maximum atomic E-state index is 6.14. The number of thiazole rings is 1. The number of aromatic nitrogens is 1. The van der Waals surface area contributed by atoms with Crippen molar-refractivity contribution in [3.8, 4) is 0 Å². The Morgan fingerprint density at radius 3 is 2.78 bits per heavy atom. The smallest absolute Gasteiger partial charge is 0.0795 e. The van der Waals surface area contributed by atoms with Crippen molar-refractivity contribution in [1.82, 2.24) is 9.88 Å². The summed E-state index contributed by atoms with van der Waals surface area (Å²) >= 11 is 6.88. The van der Waals surface area contributed by atoms with Crippen LogP contribution in [0, 0.1) is 0 Å². The van der Waals surface area contributed by atoms with E-state index in [9.17, 15) is 0 Å². The maximum absolute atomic E-state index is 6.14. The van der Waals surface area contributed by atoms with Gasteiger partial charge < -0.3 is 5.73 Å². The fourth-order valence-electron chi connectivity index (χ4n) is 2.03. The predicted molar refractivity (Wildman–Crippen MR) is 82.0 cm³/mol. The van der Waals surface area contributed by atoms with Crippen molar-refractivity contribution in [3.63, 3.8) is 0 Å². The molecule has 2 unspecified atom stereocenters. The summed E-state index contributed by atoms with van der Waals surface area (Å²) in [5.74, 6) is 0. The SMILES string of the molecule is CC(N)C(c1ccc(Br)s1)N(C)Cc1cscn1. The fraction of sp³-hybridized carbons (Fsp3) is 0.417. The lowest BCUT2D eigenvalue weighted by atomic mass is 10.1. The molecule has 3 nitrogen and oxygen atoms in total. The largest absolute Gasteiger partial charge is 0.326 e. The first-order valence-corrected chi connectivity index (χ1v) is 8.21. The van der Waals surface area contributed by atoms with Crippen LogP contribution in [0.2, 0.25) is 0 Å². The quantitative estimate of drug-likeness (QED) is 0.901. The highest BCUT2D eigenvalue weighted by atomic mass is 79.9. The highest BCUT2D eigenvalue weighted by molar-refractivity contribution is 9.11. The molecule has 98 valence electrons. The molecule has 0 bridgehead atoms. The van der Waals surface area contributed by atoms with Crippen molar-refractivity contribution in [2.24, 2.45) is 5.73 Å². The third-order valence-electron chi connectivity index (χ3n) is 2.75. The van der Waals surface area contributed by atoms with Gasteiger partial charge in [0.05, 0.1) is 21.0 Å². The highest BCUT2D eigenvalue weighted by Crippen LogP contribution is 2.32. The third kappa shape index (κ3) is 3.39. The lowest BCUT2D eigenvalue weighted by molar-refractivity contribution is 0.212. The van der Waals surface area contributed by atoms with Crippen LogP contribution in [0.5, 0.6) is 0 Å². The van der Waals surface area contributed by atoms with Crippen LogP contribution < -0.4 is 5.73 Å². The third-order valence-corrected chi connectivity index (χ3v) is 5.08. The van der Waals surface area contributed by atoms with Crippen molar-refractivity contribution >= 4 is 38.6 Å². The average Bonchev–Trinajstić information content (AvgIpc) is 2.90. The van der Waals surface area contributed by atoms with Gasteiger partial charge in [-0.25, -0.2) is 4.98 Å². The Labute approximate surface area is 124 Å². The van der Waals surface area contributed by atoms with Gasteiger partial charge in [-0.3, -0.25) is 4.90 Å². The Balaban J connectivity index is 2.15. The molecule has 2 N–H and O–H groups in total. The number of nitrogens with two attached hydrogens (primary N) is 1. The molecule has 0 aliphatic rings. The minimum Gasteiger partial charge on any atom is -0.326 e. The molecular formula is C12H16BrN3S2. The van der Waals surface area contributed by atoms with Gasteiger partial charge in [-0.15, -0.1) is 22.7 Å². The van der Waals surface area contributed by atoms with Gasteiger partial charge in [-0.05, 0) is 42.0 Å². The van der Waals surface area contributed by atoms with Crippen molar-refractivity contribution in [1.29, 1.82) is 0 Å². The zero-order valence-electron chi connectivity index (χ0n) is 10.3. The molecule has 0 spiro atoms. The van der Waals surface area contributed by atoms with E-state index in [0.29, 0.717) is 0 Å². The first kappa shape index (κ1) is 14.1. The van der Waals surface area contributed by atoms with E-state index < -0.39 is 0 Å². The van der Waals surface area contributed by atoms with E-state index in [0.717, 1.165) is 16.0 Å². The van der Waals surface area contributed by atoms with E-state index in [1.54, 1.807) is 22.7 Å². The summed E-state index contributed by atoms with van der Waals surface area (Å²) < 4.78 is 1.14. The Morgan fingerprint density at radius 1 is 1.50 bits per heavy atom. The van der Waals surface area contributed by atoms with Crippen LogP contribution in [0.1, 0.15) is 23.5 Å². The average molecular weight is 346 g/mol. The molecule has 0 saturated heterocycles. The van der Waals surface area contributed by atoms with Gasteiger partial charge in [0.1, 0.15) is 0 Å². The standard InChI is InChI=1S/C12H16BrN3S2/c1-8(14)12(10-3-4-11(13)18-10)16(2)5-9-6-17-7-15-9/h3-4,6-8,12H,5,14H2,1-2H3. The van der Waals surface area contributed by atoms with E-state index in [1.165, 1.54) is 4.88 Å². The van der Waals surface area contributed by atoms with E-state index in [2.05, 4.69) is 57.3 Å². The molecule has 0 aliphatic carbocycles. The molecule has 0 aromatic carbocycles. The first-order chi connectivity index (χ1) is 8.58. The van der Waals surface area contributed by atoms with Crippen LogP contribution >= 0.6 is 38.6 Å². The minimum absolute atomic E-state index is 0.0826. The van der Waals surface area contributed by atoms with Gasteiger partial charge in [0.15, 0.2) is 0 Å². The number of thiophene rings is 1. The number of likely N-dealkylation sites (N-methyl/N-ethyl adjacent to an activating group) is 1. The molecule has 0 fully saturated rings. The minimum atomic E-state index is 0.0826. The Hall–Kier alpha value is -0.270. The summed E-state index contributed by atoms with van der Waals surface area (Å²) in [5, 5.41) is 2.08. The second-order valence-corrected chi connectivity index (χ2v) is 7.55. The van der Waals surface area contributed by atoms with Crippen molar-refractivity contribution in [3.05, 3.63) is 37.4 Å². The van der Waals surface area contributed by atoms with Gasteiger partial charge in [0.25, 0.3) is 0 Å². The molecule has 0 amide bonds. The zero-order chi connectivity index (χ0) is 13.1. The van der Waals surface area contributed by atoms with Crippen molar-refractivity contribution in [2.45, 2.75) is 25.6 Å². The first-order valence-electron chi connectivity index (χ1n) is 5.66. The summed E-state index contributed by atoms with van der Waals surface area (Å²) in [7, 11) is 2.10. The van der Waals surface area contributed by atoms with E-state index in [4.69, 9.17) is 5.73 Å². The monoisotopic (exact) mass is 345 g/mol. The molecule has 18 heavy (non-hydrogen) atoms. The summed E-state index contributed by atoms with van der Waals surface area (Å²) in [6.45, 7) is 2.88. The second kappa shape index (κ2) is 6.25. The molecule has 2 atom stereocenters. The number of rotatable bonds is 5. The lowest BCUT2D eigenvalue weighted by Gasteiger charge is -2.29. The number of hydrogen-bond donors (Lipinski definition) is 1. The van der Waals surface area contributed by atoms with Crippen LogP contribution in [0.4, 0.5) is 0 Å². The number of halogens is 1. The molecule has 2 aromatic rings. The topological polar surface area (TPSA) is 42.1 Å². The van der Waals surface area contributed by atoms with E-state index in [1.807, 2.05) is 5.51 Å². The van der Waals surface area contributed by atoms with Gasteiger partial charge in [-0.2, -0.15) is 0 Å². The lowest BCUT2D eigenvalue weighted by Crippen LogP contribution is -2.36. The van der Waals surface area contributed by atoms with Crippen LogP contribution in [0.3, 0.4) is 0 Å². The Kier molecular flexibility index (Phi) is 4.91. The molecule has 2 aromatic heterocycles. The molecule has 2 heterocycles. The summed E-state index contributed by atoms with van der Waals surface area (Å²) in [6.07, 6.45) is 0. The number of nitrogens with zero attached hydrogens (tertiary/aromatic N) is 2. The summed E-state index contributed by atoms with van der Waals surface area (Å²) in [6, 6.07) is 4.52. The molecule has 2 rings (SSSR count). The summed E-state index contributed by atoms with van der Waals surface area (Å²) in [5.41, 5.74) is 9.11. The molecular weight excluding hydrogens is 330 g/mol. The molecule has 0 aliphatic heterocycles. The van der Waals surface area contributed by atoms with Crippen LogP contribution in [-0.4, -0.2) is 23.0 Å². The normalized spacial score (nSPS) is 14.9. The van der Waals surface area contributed by atoms with E-state index in [-0.39, 0.29) is 12.1 Å². The van der Waals surface area contributed by atoms with Crippen LogP contribution in [0.25, 0.3) is 0 Å². The van der Waals surface area contributed by atoms with Gasteiger partial charge >= 0.3 is 0 Å². The summed E-state index contributed by atoms with van der Waals surface area (Å²) in [4.78, 5) is 7.88. The Bertz CT molecular complexity index is 481. The fourth-order valence-corrected chi connectivity index (χ4v) is 4.29. The van der Waals surface area contributed by atoms with Crippen molar-refractivity contribution in [2.75, 3.05) is 7.05 Å². The van der Waals surface area contributed by atoms with Crippen LogP contribution in [-0.2, 0) is 6.54 Å². The van der Waals surface area contributed by atoms with Gasteiger partial charge in [0, 0.05) is 22.8 Å². The molecule has 6 heteroatoms. The number of hydrogen-bond acceptors (Lipinski definition) is 5. The van der Waals surface area contributed by atoms with Crippen LogP contribution in [0.15, 0.2) is 26.8 Å².